The van der Waals surface area contributed by atoms with Gasteiger partial charge in [0.15, 0.2) is 0 Å². The van der Waals surface area contributed by atoms with Crippen LogP contribution >= 0.6 is 0 Å². The number of rotatable bonds is 6. The van der Waals surface area contributed by atoms with E-state index in [-0.39, 0.29) is 23.8 Å². The standard InChI is InChI=1S/C21H27N3O2/c1-5-22-20(26)15-9-8-10-16(13-15)24-19(25)14-23-18-12-7-6-11-17(18)21(2,3)4/h6-13,23H,5,14H2,1-4H3,(H,22,26)(H,24,25). The SMILES string of the molecule is CCNC(=O)c1cccc(NC(=O)CNc2ccccc2C(C)(C)C)c1. The van der Waals surface area contributed by atoms with Crippen molar-refractivity contribution in [3.05, 3.63) is 59.7 Å². The summed E-state index contributed by atoms with van der Waals surface area (Å²) in [5.41, 5.74) is 3.22. The summed E-state index contributed by atoms with van der Waals surface area (Å²) in [6.45, 7) is 9.00. The number of hydrogen-bond acceptors (Lipinski definition) is 3. The molecule has 0 aliphatic heterocycles. The summed E-state index contributed by atoms with van der Waals surface area (Å²) in [7, 11) is 0. The molecule has 5 nitrogen and oxygen atoms in total. The van der Waals surface area contributed by atoms with Gasteiger partial charge >= 0.3 is 0 Å². The molecule has 0 aromatic heterocycles. The van der Waals surface area contributed by atoms with Gasteiger partial charge in [0, 0.05) is 23.5 Å². The Morgan fingerprint density at radius 3 is 2.42 bits per heavy atom. The molecule has 5 heteroatoms. The molecule has 2 amide bonds. The summed E-state index contributed by atoms with van der Waals surface area (Å²) in [6, 6.07) is 14.9. The average Bonchev–Trinajstić information content (AvgIpc) is 2.60. The molecule has 2 aromatic rings. The van der Waals surface area contributed by atoms with Crippen LogP contribution in [0.1, 0.15) is 43.6 Å². The van der Waals surface area contributed by atoms with Crippen molar-refractivity contribution in [2.45, 2.75) is 33.1 Å². The first-order valence-corrected chi connectivity index (χ1v) is 8.82. The van der Waals surface area contributed by atoms with Crippen molar-refractivity contribution in [1.82, 2.24) is 5.32 Å². The maximum atomic E-state index is 12.3. The molecule has 0 heterocycles. The molecule has 138 valence electrons. The van der Waals surface area contributed by atoms with Gasteiger partial charge in [0.1, 0.15) is 0 Å². The third kappa shape index (κ3) is 5.34. The molecule has 2 rings (SSSR count). The maximum absolute atomic E-state index is 12.3. The van der Waals surface area contributed by atoms with E-state index in [0.717, 1.165) is 11.3 Å². The van der Waals surface area contributed by atoms with E-state index in [9.17, 15) is 9.59 Å². The first kappa shape index (κ1) is 19.5. The minimum atomic E-state index is -0.165. The van der Waals surface area contributed by atoms with Gasteiger partial charge in [-0.15, -0.1) is 0 Å². The van der Waals surface area contributed by atoms with Gasteiger partial charge in [-0.05, 0) is 42.2 Å². The van der Waals surface area contributed by atoms with Gasteiger partial charge < -0.3 is 16.0 Å². The van der Waals surface area contributed by atoms with Gasteiger partial charge in [-0.25, -0.2) is 0 Å². The second kappa shape index (κ2) is 8.52. The van der Waals surface area contributed by atoms with E-state index in [2.05, 4.69) is 42.8 Å². The fourth-order valence-electron chi connectivity index (χ4n) is 2.67. The lowest BCUT2D eigenvalue weighted by molar-refractivity contribution is -0.114. The van der Waals surface area contributed by atoms with Crippen molar-refractivity contribution in [2.24, 2.45) is 0 Å². The third-order valence-corrected chi connectivity index (χ3v) is 3.92. The van der Waals surface area contributed by atoms with Crippen LogP contribution in [-0.2, 0) is 10.2 Å². The van der Waals surface area contributed by atoms with E-state index in [4.69, 9.17) is 0 Å². The molecule has 26 heavy (non-hydrogen) atoms. The lowest BCUT2D eigenvalue weighted by Crippen LogP contribution is -2.25. The van der Waals surface area contributed by atoms with E-state index in [1.54, 1.807) is 24.3 Å². The molecule has 3 N–H and O–H groups in total. The van der Waals surface area contributed by atoms with Crippen LogP contribution in [0, 0.1) is 0 Å². The van der Waals surface area contributed by atoms with Gasteiger partial charge in [-0.3, -0.25) is 9.59 Å². The molecule has 0 atom stereocenters. The number of carbonyl (C=O) groups is 2. The predicted octanol–water partition coefficient (Wildman–Crippen LogP) is 3.78. The van der Waals surface area contributed by atoms with Crippen LogP contribution < -0.4 is 16.0 Å². The molecule has 0 unspecified atom stereocenters. The summed E-state index contributed by atoms with van der Waals surface area (Å²) >= 11 is 0. The Labute approximate surface area is 155 Å². The number of benzene rings is 2. The highest BCUT2D eigenvalue weighted by Crippen LogP contribution is 2.29. The zero-order valence-corrected chi connectivity index (χ0v) is 15.8. The van der Waals surface area contributed by atoms with E-state index >= 15 is 0 Å². The number of hydrogen-bond donors (Lipinski definition) is 3. The molecular formula is C21H27N3O2. The number of carbonyl (C=O) groups excluding carboxylic acids is 2. The van der Waals surface area contributed by atoms with E-state index < -0.39 is 0 Å². The highest BCUT2D eigenvalue weighted by Gasteiger charge is 2.17. The fourth-order valence-corrected chi connectivity index (χ4v) is 2.67. The normalized spacial score (nSPS) is 10.9. The van der Waals surface area contributed by atoms with Crippen molar-refractivity contribution >= 4 is 23.2 Å². The number of para-hydroxylation sites is 1. The number of amides is 2. The largest absolute Gasteiger partial charge is 0.376 e. The Morgan fingerprint density at radius 2 is 1.73 bits per heavy atom. The molecule has 0 saturated carbocycles. The van der Waals surface area contributed by atoms with Gasteiger partial charge in [0.25, 0.3) is 5.91 Å². The lowest BCUT2D eigenvalue weighted by Gasteiger charge is -2.23. The van der Waals surface area contributed by atoms with Gasteiger partial charge in [0.2, 0.25) is 5.91 Å². The Balaban J connectivity index is 2.00. The van der Waals surface area contributed by atoms with Gasteiger partial charge in [-0.1, -0.05) is 45.0 Å². The minimum absolute atomic E-state index is 0.0129. The zero-order valence-electron chi connectivity index (χ0n) is 15.8. The van der Waals surface area contributed by atoms with Crippen molar-refractivity contribution in [3.8, 4) is 0 Å². The fraction of sp³-hybridized carbons (Fsp3) is 0.333. The van der Waals surface area contributed by atoms with E-state index in [1.807, 2.05) is 25.1 Å². The van der Waals surface area contributed by atoms with Crippen LogP contribution in [-0.4, -0.2) is 24.9 Å². The van der Waals surface area contributed by atoms with Crippen LogP contribution in [0.15, 0.2) is 48.5 Å². The van der Waals surface area contributed by atoms with Gasteiger partial charge in [-0.2, -0.15) is 0 Å². The van der Waals surface area contributed by atoms with Crippen molar-refractivity contribution in [3.63, 3.8) is 0 Å². The Kier molecular flexibility index (Phi) is 6.39. The molecule has 0 bridgehead atoms. The monoisotopic (exact) mass is 353 g/mol. The van der Waals surface area contributed by atoms with Crippen LogP contribution in [0.5, 0.6) is 0 Å². The Morgan fingerprint density at radius 1 is 1.00 bits per heavy atom. The molecule has 2 aromatic carbocycles. The summed E-state index contributed by atoms with van der Waals surface area (Å²) in [6.07, 6.45) is 0. The van der Waals surface area contributed by atoms with Crippen LogP contribution in [0.3, 0.4) is 0 Å². The summed E-state index contributed by atoms with van der Waals surface area (Å²) < 4.78 is 0. The Hall–Kier alpha value is -2.82. The smallest absolute Gasteiger partial charge is 0.251 e. The average molecular weight is 353 g/mol. The van der Waals surface area contributed by atoms with E-state index in [1.165, 1.54) is 0 Å². The lowest BCUT2D eigenvalue weighted by atomic mass is 9.86. The summed E-state index contributed by atoms with van der Waals surface area (Å²) in [5.74, 6) is -0.317. The highest BCUT2D eigenvalue weighted by atomic mass is 16.2. The van der Waals surface area contributed by atoms with Crippen LogP contribution in [0.4, 0.5) is 11.4 Å². The first-order chi connectivity index (χ1) is 12.3. The minimum Gasteiger partial charge on any atom is -0.376 e. The molecule has 0 aliphatic carbocycles. The van der Waals surface area contributed by atoms with Crippen LogP contribution in [0.2, 0.25) is 0 Å². The molecular weight excluding hydrogens is 326 g/mol. The van der Waals surface area contributed by atoms with Crippen LogP contribution in [0.25, 0.3) is 0 Å². The van der Waals surface area contributed by atoms with Crippen molar-refractivity contribution in [2.75, 3.05) is 23.7 Å². The zero-order chi connectivity index (χ0) is 19.2. The summed E-state index contributed by atoms with van der Waals surface area (Å²) in [4.78, 5) is 24.2. The molecule has 0 aliphatic rings. The quantitative estimate of drug-likeness (QED) is 0.740. The first-order valence-electron chi connectivity index (χ1n) is 8.82. The van der Waals surface area contributed by atoms with E-state index in [0.29, 0.717) is 17.8 Å². The molecule has 0 saturated heterocycles. The highest BCUT2D eigenvalue weighted by molar-refractivity contribution is 5.98. The predicted molar refractivity (Wildman–Crippen MR) is 107 cm³/mol. The number of anilines is 2. The molecule has 0 fully saturated rings. The topological polar surface area (TPSA) is 70.2 Å². The molecule has 0 spiro atoms. The maximum Gasteiger partial charge on any atom is 0.251 e. The summed E-state index contributed by atoms with van der Waals surface area (Å²) in [5, 5.41) is 8.78. The number of nitrogens with one attached hydrogen (secondary N) is 3. The second-order valence-electron chi connectivity index (χ2n) is 7.14. The Bertz CT molecular complexity index is 779. The third-order valence-electron chi connectivity index (χ3n) is 3.92. The van der Waals surface area contributed by atoms with Crippen molar-refractivity contribution < 1.29 is 9.59 Å². The van der Waals surface area contributed by atoms with Crippen molar-refractivity contribution in [1.29, 1.82) is 0 Å². The van der Waals surface area contributed by atoms with Gasteiger partial charge in [0.05, 0.1) is 6.54 Å². The molecule has 0 radical (unpaired) electrons. The second-order valence-corrected chi connectivity index (χ2v) is 7.14.